The van der Waals surface area contributed by atoms with Crippen molar-refractivity contribution in [2.24, 2.45) is 23.7 Å². The minimum atomic E-state index is -0.998. The summed E-state index contributed by atoms with van der Waals surface area (Å²) in [7, 11) is -0.998. The molecule has 3 aromatic carbocycles. The molecule has 3 rings (SSSR count). The van der Waals surface area contributed by atoms with E-state index in [1.807, 2.05) is 60.7 Å². The summed E-state index contributed by atoms with van der Waals surface area (Å²) in [5.41, 5.74) is 13.4. The normalized spacial score (nSPS) is 11.5. The highest BCUT2D eigenvalue weighted by Crippen LogP contribution is 2.41. The van der Waals surface area contributed by atoms with E-state index in [0.29, 0.717) is 35.2 Å². The fourth-order valence-corrected chi connectivity index (χ4v) is 5.37. The van der Waals surface area contributed by atoms with Gasteiger partial charge in [-0.2, -0.15) is 0 Å². The number of benzene rings is 3. The Balaban J connectivity index is 2.21. The second kappa shape index (κ2) is 17.3. The van der Waals surface area contributed by atoms with Gasteiger partial charge < -0.3 is 19.7 Å². The summed E-state index contributed by atoms with van der Waals surface area (Å²) in [6.07, 6.45) is 8.32. The van der Waals surface area contributed by atoms with Gasteiger partial charge in [0, 0.05) is 0 Å². The lowest BCUT2D eigenvalue weighted by Crippen LogP contribution is -2.37. The third-order valence-electron chi connectivity index (χ3n) is 7.99. The Kier molecular flexibility index (Phi) is 13.8. The van der Waals surface area contributed by atoms with Crippen LogP contribution in [0.5, 0.6) is 17.2 Å². The van der Waals surface area contributed by atoms with Gasteiger partial charge in [0.05, 0.1) is 5.69 Å². The van der Waals surface area contributed by atoms with E-state index in [1.54, 1.807) is 0 Å². The second-order valence-corrected chi connectivity index (χ2v) is 13.7. The quantitative estimate of drug-likeness (QED) is 0.119. The van der Waals surface area contributed by atoms with Gasteiger partial charge in [-0.25, -0.2) is 0 Å². The maximum atomic E-state index is 7.21. The molecule has 0 fully saturated rings. The highest BCUT2D eigenvalue weighted by Gasteiger charge is 2.34. The Labute approximate surface area is 262 Å². The van der Waals surface area contributed by atoms with Crippen LogP contribution >= 0.6 is 0 Å². The Hall–Kier alpha value is -3.08. The first-order valence-electron chi connectivity index (χ1n) is 16.6. The van der Waals surface area contributed by atoms with Crippen LogP contribution in [0, 0.1) is 23.7 Å². The van der Waals surface area contributed by atoms with Crippen molar-refractivity contribution in [2.45, 2.75) is 107 Å². The van der Waals surface area contributed by atoms with Crippen LogP contribution in [0.4, 0.5) is 5.69 Å². The summed E-state index contributed by atoms with van der Waals surface area (Å²) in [6.45, 7) is 18.4. The molecule has 234 valence electrons. The van der Waals surface area contributed by atoms with Crippen molar-refractivity contribution in [3.63, 3.8) is 0 Å². The van der Waals surface area contributed by atoms with E-state index in [9.17, 15) is 0 Å². The summed E-state index contributed by atoms with van der Waals surface area (Å²) in [5, 5.41) is 0. The first kappa shape index (κ1) is 34.4. The zero-order chi connectivity index (χ0) is 31.4. The molecule has 4 nitrogen and oxygen atoms in total. The number of nitrogen functional groups attached to an aromatic ring is 1. The summed E-state index contributed by atoms with van der Waals surface area (Å²) in [5.74, 6) is 4.46. The summed E-state index contributed by atoms with van der Waals surface area (Å²) in [6, 6.07) is 19.4. The predicted octanol–water partition coefficient (Wildman–Crippen LogP) is 10.1. The zero-order valence-corrected chi connectivity index (χ0v) is 28.1. The Morgan fingerprint density at radius 3 is 1.23 bits per heavy atom. The molecule has 0 atom stereocenters. The van der Waals surface area contributed by atoms with Gasteiger partial charge in [0.2, 0.25) is 0 Å². The van der Waals surface area contributed by atoms with E-state index in [2.05, 4.69) is 55.4 Å². The van der Waals surface area contributed by atoms with Crippen molar-refractivity contribution in [1.29, 1.82) is 0 Å². The van der Waals surface area contributed by atoms with Crippen LogP contribution < -0.4 is 19.7 Å². The molecule has 0 aliphatic carbocycles. The van der Waals surface area contributed by atoms with Gasteiger partial charge >= 0.3 is 7.32 Å². The number of nitrogens with two attached hydrogens (primary N) is 1. The molecule has 43 heavy (non-hydrogen) atoms. The van der Waals surface area contributed by atoms with Crippen molar-refractivity contribution in [1.82, 2.24) is 0 Å². The fourth-order valence-electron chi connectivity index (χ4n) is 5.37. The van der Waals surface area contributed by atoms with E-state index < -0.39 is 7.32 Å². The highest BCUT2D eigenvalue weighted by molar-refractivity contribution is 6.39. The van der Waals surface area contributed by atoms with E-state index in [4.69, 9.17) is 19.7 Å². The molecule has 0 amide bonds. The molecule has 2 N–H and O–H groups in total. The van der Waals surface area contributed by atoms with Crippen LogP contribution in [0.2, 0.25) is 0 Å². The van der Waals surface area contributed by atoms with Gasteiger partial charge in [-0.15, -0.1) is 0 Å². The van der Waals surface area contributed by atoms with Gasteiger partial charge in [0.1, 0.15) is 17.2 Å². The first-order valence-corrected chi connectivity index (χ1v) is 16.6. The molecule has 0 saturated carbocycles. The van der Waals surface area contributed by atoms with Crippen LogP contribution in [0.1, 0.15) is 103 Å². The monoisotopic (exact) mass is 585 g/mol. The summed E-state index contributed by atoms with van der Waals surface area (Å²) >= 11 is 0. The first-order chi connectivity index (χ1) is 20.5. The second-order valence-electron chi connectivity index (χ2n) is 13.7. The van der Waals surface area contributed by atoms with E-state index in [0.717, 1.165) is 62.8 Å². The molecule has 0 aliphatic rings. The smallest absolute Gasteiger partial charge is 0.490 e. The van der Waals surface area contributed by atoms with Crippen LogP contribution in [-0.4, -0.2) is 7.32 Å². The molecule has 0 radical (unpaired) electrons. The maximum absolute atomic E-state index is 7.21. The lowest BCUT2D eigenvalue weighted by atomic mass is 9.82. The molecule has 0 heterocycles. The van der Waals surface area contributed by atoms with Gasteiger partial charge in [-0.3, -0.25) is 0 Å². The van der Waals surface area contributed by atoms with Gasteiger partial charge in [-0.1, -0.05) is 91.8 Å². The Morgan fingerprint density at radius 2 is 0.837 bits per heavy atom. The molecule has 0 bridgehead atoms. The van der Waals surface area contributed by atoms with Crippen molar-refractivity contribution in [3.05, 3.63) is 82.9 Å². The highest BCUT2D eigenvalue weighted by atomic mass is 16.7. The molecule has 0 spiro atoms. The summed E-state index contributed by atoms with van der Waals surface area (Å²) in [4.78, 5) is 0. The number of rotatable bonds is 18. The molecule has 0 saturated heterocycles. The zero-order valence-electron chi connectivity index (χ0n) is 28.1. The number of anilines is 1. The van der Waals surface area contributed by atoms with Gasteiger partial charge in [-0.05, 0) is 122 Å². The van der Waals surface area contributed by atoms with E-state index >= 15 is 0 Å². The predicted molar refractivity (Wildman–Crippen MR) is 184 cm³/mol. The average Bonchev–Trinajstić information content (AvgIpc) is 2.95. The fraction of sp³-hybridized carbons (Fsp3) is 0.526. The lowest BCUT2D eigenvalue weighted by Gasteiger charge is -2.28. The topological polar surface area (TPSA) is 53.7 Å². The number of hydrogen-bond donors (Lipinski definition) is 1. The minimum absolute atomic E-state index is 0.559. The van der Waals surface area contributed by atoms with Crippen LogP contribution in [-0.2, 0) is 25.7 Å². The minimum Gasteiger partial charge on any atom is -0.490 e. The largest absolute Gasteiger partial charge is 0.864 e. The summed E-state index contributed by atoms with van der Waals surface area (Å²) < 4.78 is 19.5. The lowest BCUT2D eigenvalue weighted by molar-refractivity contribution is 0.306. The number of para-hydroxylation sites is 2. The molecule has 0 aliphatic heterocycles. The van der Waals surface area contributed by atoms with E-state index in [-0.39, 0.29) is 0 Å². The van der Waals surface area contributed by atoms with E-state index in [1.165, 1.54) is 22.3 Å². The van der Waals surface area contributed by atoms with Crippen molar-refractivity contribution >= 4 is 13.0 Å². The molecule has 3 aromatic rings. The van der Waals surface area contributed by atoms with Crippen LogP contribution in [0.3, 0.4) is 0 Å². The van der Waals surface area contributed by atoms with Crippen LogP contribution in [0.25, 0.3) is 0 Å². The average molecular weight is 586 g/mol. The maximum Gasteiger partial charge on any atom is 0.864 e. The molecule has 0 aromatic heterocycles. The van der Waals surface area contributed by atoms with Crippen molar-refractivity contribution in [2.75, 3.05) is 5.73 Å². The number of hydrogen-bond acceptors (Lipinski definition) is 4. The Bertz CT molecular complexity index is 1180. The molecular formula is C38H56BNO3. The van der Waals surface area contributed by atoms with Crippen LogP contribution in [0.15, 0.2) is 60.7 Å². The van der Waals surface area contributed by atoms with Crippen molar-refractivity contribution < 1.29 is 14.0 Å². The SMILES string of the molecule is CC(C)CCc1c(N)c(OB(Oc2ccccc2)Oc2ccccc2)c(CCC(C)C)c(CCC(C)C)c1CCC(C)C. The third kappa shape index (κ3) is 11.2. The standard InChI is InChI=1S/C38H56BNO3/c1-27(2)19-23-33-34(24-20-28(3)4)36(26-22-30(7)8)38(37(40)35(33)25-21-29(5)6)43-39(41-31-15-11-9-12-16-31)42-32-17-13-10-14-18-32/h9-18,27-30H,19-26,40H2,1-8H3. The third-order valence-corrected chi connectivity index (χ3v) is 7.99. The van der Waals surface area contributed by atoms with Gasteiger partial charge in [0.15, 0.2) is 0 Å². The molecule has 5 heteroatoms. The van der Waals surface area contributed by atoms with Gasteiger partial charge in [0.25, 0.3) is 0 Å². The molecule has 0 unspecified atom stereocenters. The molecular weight excluding hydrogens is 529 g/mol. The van der Waals surface area contributed by atoms with Crippen molar-refractivity contribution in [3.8, 4) is 17.2 Å². The Morgan fingerprint density at radius 1 is 0.488 bits per heavy atom.